The normalized spacial score (nSPS) is 12.1. The summed E-state index contributed by atoms with van der Waals surface area (Å²) in [7, 11) is -3.31. The molecule has 0 aliphatic heterocycles. The largest absolute Gasteiger partial charge is 0.462 e. The van der Waals surface area contributed by atoms with Gasteiger partial charge in [-0.25, -0.2) is 22.9 Å². The highest BCUT2D eigenvalue weighted by Crippen LogP contribution is 2.28. The molecule has 54 heavy (non-hydrogen) atoms. The lowest BCUT2D eigenvalue weighted by Crippen LogP contribution is -2.37. The summed E-state index contributed by atoms with van der Waals surface area (Å²) >= 11 is 6.44. The van der Waals surface area contributed by atoms with Crippen molar-refractivity contribution in [2.45, 2.75) is 131 Å². The summed E-state index contributed by atoms with van der Waals surface area (Å²) in [4.78, 5) is 46.7. The quantitative estimate of drug-likeness (QED) is 0.0419. The maximum atomic E-state index is 13.7. The van der Waals surface area contributed by atoms with E-state index in [1.165, 1.54) is 82.8 Å². The van der Waals surface area contributed by atoms with Crippen LogP contribution in [0.5, 0.6) is 0 Å². The Hall–Kier alpha value is -3.28. The number of hydrogen-bond donors (Lipinski definition) is 2. The van der Waals surface area contributed by atoms with E-state index in [4.69, 9.17) is 16.3 Å². The average molecular weight is 790 g/mol. The second kappa shape index (κ2) is 24.3. The van der Waals surface area contributed by atoms with Crippen molar-refractivity contribution in [3.8, 4) is 0 Å². The third-order valence-corrected chi connectivity index (χ3v) is 10.3. The van der Waals surface area contributed by atoms with Crippen molar-refractivity contribution in [3.05, 3.63) is 52.5 Å². The fraction of sp³-hybridized carbons (Fsp3) is 0.619. The first kappa shape index (κ1) is 46.9. The molecule has 0 aliphatic rings. The van der Waals surface area contributed by atoms with E-state index >= 15 is 0 Å². The summed E-state index contributed by atoms with van der Waals surface area (Å²) in [5.74, 6) is -1.74. The number of nitrogens with one attached hydrogen (secondary N) is 2. The number of ketones is 1. The predicted octanol–water partition coefficient (Wildman–Crippen LogP) is 9.99. The molecule has 12 heteroatoms. The Morgan fingerprint density at radius 1 is 0.833 bits per heavy atom. The van der Waals surface area contributed by atoms with Crippen LogP contribution in [0.3, 0.4) is 0 Å². The Balaban J connectivity index is 1.99. The molecule has 0 atom stereocenters. The number of halogens is 1. The molecule has 10 nitrogen and oxygen atoms in total. The lowest BCUT2D eigenvalue weighted by Gasteiger charge is -2.24. The number of carbonyl (C=O) groups excluding carboxylic acids is 3. The molecule has 0 bridgehead atoms. The van der Waals surface area contributed by atoms with E-state index in [9.17, 15) is 22.8 Å². The fourth-order valence-electron chi connectivity index (χ4n) is 5.95. The van der Waals surface area contributed by atoms with Crippen LogP contribution in [0.2, 0.25) is 5.02 Å². The molecule has 0 heterocycles. The highest BCUT2D eigenvalue weighted by Gasteiger charge is 2.31. The Morgan fingerprint density at radius 3 is 1.93 bits per heavy atom. The van der Waals surface area contributed by atoms with Crippen LogP contribution in [0.15, 0.2) is 41.4 Å². The number of amides is 1. The van der Waals surface area contributed by atoms with Gasteiger partial charge in [0.1, 0.15) is 0 Å². The Bertz CT molecular complexity index is 1640. The minimum absolute atomic E-state index is 0.162. The maximum Gasteiger partial charge on any atom is 0.338 e. The first-order valence-corrected chi connectivity index (χ1v) is 22.1. The number of sulfonamides is 1. The van der Waals surface area contributed by atoms with Crippen LogP contribution in [0.1, 0.15) is 140 Å². The van der Waals surface area contributed by atoms with Crippen molar-refractivity contribution in [2.75, 3.05) is 42.7 Å². The molecule has 0 saturated carbocycles. The lowest BCUT2D eigenvalue weighted by molar-refractivity contribution is -0.121. The summed E-state index contributed by atoms with van der Waals surface area (Å²) in [5, 5.41) is 2.89. The van der Waals surface area contributed by atoms with Crippen molar-refractivity contribution in [3.63, 3.8) is 0 Å². The van der Waals surface area contributed by atoms with E-state index in [-0.39, 0.29) is 28.5 Å². The zero-order chi connectivity index (χ0) is 40.1. The van der Waals surface area contributed by atoms with E-state index in [0.717, 1.165) is 36.8 Å². The monoisotopic (exact) mass is 788 g/mol. The first-order valence-electron chi connectivity index (χ1n) is 19.8. The van der Waals surface area contributed by atoms with Gasteiger partial charge in [0.2, 0.25) is 10.0 Å². The van der Waals surface area contributed by atoms with E-state index in [2.05, 4.69) is 22.0 Å². The van der Waals surface area contributed by atoms with E-state index in [1.54, 1.807) is 32.9 Å². The zero-order valence-corrected chi connectivity index (χ0v) is 35.4. The summed E-state index contributed by atoms with van der Waals surface area (Å²) in [6.45, 7) is 12.8. The topological polar surface area (TPSA) is 134 Å². The number of likely N-dealkylation sites (N-methyl/N-ethyl adjacent to an activating group) is 1. The molecular formula is C42H65ClN4O6S. The number of anilines is 2. The van der Waals surface area contributed by atoms with Crippen LogP contribution in [-0.4, -0.2) is 64.3 Å². The summed E-state index contributed by atoms with van der Waals surface area (Å²) in [6, 6.07) is 9.92. The van der Waals surface area contributed by atoms with Crippen molar-refractivity contribution in [2.24, 2.45) is 10.4 Å². The van der Waals surface area contributed by atoms with Gasteiger partial charge in [0.05, 0.1) is 34.8 Å². The number of nitrogens with zero attached hydrogens (tertiary/aromatic N) is 2. The lowest BCUT2D eigenvalue weighted by atomic mass is 9.87. The van der Waals surface area contributed by atoms with Gasteiger partial charge in [0.25, 0.3) is 5.91 Å². The van der Waals surface area contributed by atoms with Gasteiger partial charge in [-0.1, -0.05) is 123 Å². The molecule has 0 spiro atoms. The van der Waals surface area contributed by atoms with Crippen molar-refractivity contribution in [1.82, 2.24) is 4.72 Å². The smallest absolute Gasteiger partial charge is 0.338 e. The minimum atomic E-state index is -3.31. The second-order valence-electron chi connectivity index (χ2n) is 15.1. The molecule has 2 N–H and O–H groups in total. The molecule has 0 saturated heterocycles. The molecule has 0 radical (unpaired) electrons. The number of hydrogen-bond acceptors (Lipinski definition) is 8. The fourth-order valence-corrected chi connectivity index (χ4v) is 6.58. The van der Waals surface area contributed by atoms with Crippen LogP contribution in [-0.2, 0) is 24.3 Å². The van der Waals surface area contributed by atoms with E-state index in [1.807, 2.05) is 30.9 Å². The SMILES string of the molecule is CCCCCCCCCCCCCCCCOC(=O)c1ccc(Cl)c(NC(=O)C(=Nc2ccc(N(CC)CCNS(C)(=O)=O)cc2C)C(=O)C(C)(C)C)c1. The zero-order valence-electron chi connectivity index (χ0n) is 33.8. The number of benzene rings is 2. The van der Waals surface area contributed by atoms with Crippen LogP contribution in [0, 0.1) is 12.3 Å². The molecule has 0 aliphatic carbocycles. The first-order chi connectivity index (χ1) is 25.6. The number of unbranched alkanes of at least 4 members (excludes halogenated alkanes) is 13. The van der Waals surface area contributed by atoms with Crippen LogP contribution in [0.25, 0.3) is 0 Å². The van der Waals surface area contributed by atoms with E-state index < -0.39 is 33.1 Å². The van der Waals surface area contributed by atoms with Crippen molar-refractivity contribution < 1.29 is 27.5 Å². The van der Waals surface area contributed by atoms with E-state index in [0.29, 0.717) is 25.4 Å². The van der Waals surface area contributed by atoms with Crippen molar-refractivity contribution >= 4 is 62.1 Å². The molecule has 2 rings (SSSR count). The number of aliphatic imine (C=N–C) groups is 1. The van der Waals surface area contributed by atoms with Gasteiger partial charge in [-0.3, -0.25) is 9.59 Å². The summed E-state index contributed by atoms with van der Waals surface area (Å²) < 4.78 is 31.0. The standard InChI is InChI=1S/C42H65ClN4O6S/c1-8-10-11-12-13-14-15-16-17-18-19-20-21-22-29-53-41(50)33-23-25-35(43)37(31-33)46-40(49)38(39(48)42(4,5)6)45-36-26-24-34(30-32(36)3)47(9-2)28-27-44-54(7,51)52/h23-26,30-31,44H,8-22,27-29H2,1-7H3,(H,46,49). The third-order valence-electron chi connectivity index (χ3n) is 9.20. The minimum Gasteiger partial charge on any atom is -0.462 e. The molecule has 2 aromatic rings. The predicted molar refractivity (Wildman–Crippen MR) is 224 cm³/mol. The summed E-state index contributed by atoms with van der Waals surface area (Å²) in [5.41, 5.74) is 1.17. The molecule has 0 aromatic heterocycles. The molecule has 1 amide bonds. The number of rotatable bonds is 26. The van der Waals surface area contributed by atoms with Gasteiger partial charge in [-0.2, -0.15) is 0 Å². The molecule has 302 valence electrons. The Morgan fingerprint density at radius 2 is 1.41 bits per heavy atom. The molecular weight excluding hydrogens is 724 g/mol. The molecule has 0 unspecified atom stereocenters. The molecule has 2 aromatic carbocycles. The number of aryl methyl sites for hydroxylation is 1. The third kappa shape index (κ3) is 17.9. The number of ether oxygens (including phenoxy) is 1. The number of esters is 1. The second-order valence-corrected chi connectivity index (χ2v) is 17.4. The van der Waals surface area contributed by atoms with Gasteiger partial charge in [-0.05, 0) is 62.2 Å². The van der Waals surface area contributed by atoms with Crippen LogP contribution in [0.4, 0.5) is 17.1 Å². The van der Waals surface area contributed by atoms with Gasteiger partial charge >= 0.3 is 5.97 Å². The number of Topliss-reactive ketones (excluding diaryl/α,β-unsaturated/α-hetero) is 1. The number of carbonyl (C=O) groups is 3. The highest BCUT2D eigenvalue weighted by atomic mass is 35.5. The molecule has 0 fully saturated rings. The van der Waals surface area contributed by atoms with Crippen LogP contribution < -0.4 is 14.9 Å². The highest BCUT2D eigenvalue weighted by molar-refractivity contribution is 7.88. The van der Waals surface area contributed by atoms with Crippen molar-refractivity contribution in [1.29, 1.82) is 0 Å². The average Bonchev–Trinajstić information content (AvgIpc) is 3.11. The van der Waals surface area contributed by atoms with Gasteiger partial charge in [0, 0.05) is 30.7 Å². The maximum absolute atomic E-state index is 13.7. The van der Waals surface area contributed by atoms with Crippen LogP contribution >= 0.6 is 11.6 Å². The van der Waals surface area contributed by atoms with Gasteiger partial charge < -0.3 is 15.0 Å². The van der Waals surface area contributed by atoms with Gasteiger partial charge in [0.15, 0.2) is 11.5 Å². The Labute approximate surface area is 330 Å². The van der Waals surface area contributed by atoms with Gasteiger partial charge in [-0.15, -0.1) is 0 Å². The summed E-state index contributed by atoms with van der Waals surface area (Å²) in [6.07, 6.45) is 18.5. The Kier molecular flexibility index (Phi) is 21.1.